The van der Waals surface area contributed by atoms with E-state index >= 15 is 0 Å². The number of para-hydroxylation sites is 1. The van der Waals surface area contributed by atoms with Crippen LogP contribution in [0.15, 0.2) is 66.8 Å². The highest BCUT2D eigenvalue weighted by molar-refractivity contribution is 5.98. The Kier molecular flexibility index (Phi) is 18.7. The largest absolute Gasteiger partial charge is 0.492 e. The van der Waals surface area contributed by atoms with Gasteiger partial charge in [0.05, 0.1) is 30.6 Å². The predicted molar refractivity (Wildman–Crippen MR) is 207 cm³/mol. The van der Waals surface area contributed by atoms with Crippen LogP contribution in [0.25, 0.3) is 0 Å². The number of nitrogens with two attached hydrogens (primary N) is 1. The average Bonchev–Trinajstić information content (AvgIpc) is 3.39. The summed E-state index contributed by atoms with van der Waals surface area (Å²) in [7, 11) is 1.49. The molecule has 0 saturated carbocycles. The van der Waals surface area contributed by atoms with Crippen LogP contribution in [0.5, 0.6) is 5.75 Å². The Morgan fingerprint density at radius 3 is 2.43 bits per heavy atom. The lowest BCUT2D eigenvalue weighted by Gasteiger charge is -2.46. The molecule has 286 valence electrons. The maximum atomic E-state index is 13.5. The molecule has 2 fully saturated rings. The van der Waals surface area contributed by atoms with Crippen molar-refractivity contribution in [2.24, 2.45) is 5.73 Å². The summed E-state index contributed by atoms with van der Waals surface area (Å²) in [6.45, 7) is 27.5. The minimum atomic E-state index is -0.816. The van der Waals surface area contributed by atoms with Gasteiger partial charge in [-0.05, 0) is 50.3 Å². The second-order valence-corrected chi connectivity index (χ2v) is 13.2. The number of nitrogens with zero attached hydrogens (tertiary/aromatic N) is 1. The molecule has 3 heterocycles. The van der Waals surface area contributed by atoms with Crippen LogP contribution in [0.4, 0.5) is 4.39 Å². The molecule has 51 heavy (non-hydrogen) atoms. The van der Waals surface area contributed by atoms with E-state index in [1.54, 1.807) is 6.92 Å². The summed E-state index contributed by atoms with van der Waals surface area (Å²) in [6, 6.07) is 5.21. The Morgan fingerprint density at radius 2 is 1.86 bits per heavy atom. The molecule has 2 amide bonds. The van der Waals surface area contributed by atoms with E-state index in [1.165, 1.54) is 31.7 Å². The molecule has 0 spiro atoms. The Morgan fingerprint density at radius 1 is 1.22 bits per heavy atom. The number of nitrogens with one attached hydrogen (secondary N) is 4. The number of carbonyl (C=O) groups excluding carboxylic acids is 2. The Hall–Kier alpha value is -4.12. The summed E-state index contributed by atoms with van der Waals surface area (Å²) >= 11 is 0. The van der Waals surface area contributed by atoms with Gasteiger partial charge in [-0.2, -0.15) is 0 Å². The lowest BCUT2D eigenvalue weighted by Crippen LogP contribution is -2.92. The molecule has 11 heteroatoms. The zero-order chi connectivity index (χ0) is 38.9. The van der Waals surface area contributed by atoms with Gasteiger partial charge in [-0.25, -0.2) is 4.39 Å². The van der Waals surface area contributed by atoms with Gasteiger partial charge >= 0.3 is 0 Å². The molecular weight excluding hydrogens is 647 g/mol. The smallest absolute Gasteiger partial charge is 0.255 e. The molecule has 3 aliphatic heterocycles. The number of fused-ring (bicyclic) bond motifs is 2. The fraction of sp³-hybridized carbons (Fsp3) is 0.575. The van der Waals surface area contributed by atoms with Gasteiger partial charge < -0.3 is 30.7 Å². The number of carbonyl (C=O) groups is 2. The van der Waals surface area contributed by atoms with Gasteiger partial charge in [-0.15, -0.1) is 0 Å². The van der Waals surface area contributed by atoms with Crippen molar-refractivity contribution >= 4 is 17.6 Å². The number of likely N-dealkylation sites (N-methyl/N-ethyl adjacent to an activating group) is 1. The van der Waals surface area contributed by atoms with E-state index in [0.29, 0.717) is 43.3 Å². The summed E-state index contributed by atoms with van der Waals surface area (Å²) in [4.78, 5) is 29.7. The van der Waals surface area contributed by atoms with Crippen molar-refractivity contribution in [2.75, 3.05) is 26.7 Å². The number of benzene rings is 1. The summed E-state index contributed by atoms with van der Waals surface area (Å²) in [5, 5.41) is 20.2. The maximum absolute atomic E-state index is 13.5. The molecule has 3 aliphatic rings. The van der Waals surface area contributed by atoms with E-state index in [0.717, 1.165) is 30.6 Å². The summed E-state index contributed by atoms with van der Waals surface area (Å²) in [5.74, 6) is 1.16. The standard InChI is InChI=1S/C26H39N5O3.C9H12FNO.C3H8.C2H6/c1-6-11-25(4)12-13-34-22-17(9-8-10-18(22)25)24(33)29-19-15-31-16(3)28-14-20(30-21(27)7-2)26(31,5)23(19)32;1-4-8(10)6-5-7(2)9(12)11-3;1-3-2;1-2/h8-10,19-20,23,28,32H,3,6-7,11-15H2,1-2,4-5H3,(H2,27,30)(H,29,33);4-6H,2H2,1,3H3,(H,11,12);3H2,1-2H3;1-2H3/p+1/b;6-5-,8-4+;;. The third-order valence-electron chi connectivity index (χ3n) is 9.39. The van der Waals surface area contributed by atoms with Crippen molar-refractivity contribution in [1.29, 1.82) is 0 Å². The molecule has 5 atom stereocenters. The number of hydrogen-bond acceptors (Lipinski definition) is 6. The molecule has 1 aromatic carbocycles. The average molecular weight is 714 g/mol. The van der Waals surface area contributed by atoms with Crippen molar-refractivity contribution in [3.05, 3.63) is 77.9 Å². The van der Waals surface area contributed by atoms with Crippen molar-refractivity contribution in [3.63, 3.8) is 0 Å². The third kappa shape index (κ3) is 11.2. The van der Waals surface area contributed by atoms with Gasteiger partial charge in [0, 0.05) is 31.1 Å². The van der Waals surface area contributed by atoms with E-state index in [-0.39, 0.29) is 34.7 Å². The summed E-state index contributed by atoms with van der Waals surface area (Å²) < 4.78 is 18.5. The number of hydrogen-bond donors (Lipinski definition) is 6. The number of aliphatic hydroxyl groups is 1. The van der Waals surface area contributed by atoms with Gasteiger partial charge in [0.15, 0.2) is 0 Å². The van der Waals surface area contributed by atoms with E-state index in [4.69, 9.17) is 10.5 Å². The van der Waals surface area contributed by atoms with E-state index < -0.39 is 17.7 Å². The van der Waals surface area contributed by atoms with Crippen molar-refractivity contribution in [3.8, 4) is 5.75 Å². The molecule has 2 saturated heterocycles. The van der Waals surface area contributed by atoms with Gasteiger partial charge in [0.2, 0.25) is 11.7 Å². The highest BCUT2D eigenvalue weighted by Gasteiger charge is 2.58. The molecule has 0 radical (unpaired) electrons. The lowest BCUT2D eigenvalue weighted by molar-refractivity contribution is -0.525. The molecule has 5 unspecified atom stereocenters. The van der Waals surface area contributed by atoms with Crippen LogP contribution >= 0.6 is 0 Å². The van der Waals surface area contributed by atoms with Gasteiger partial charge in [-0.3, -0.25) is 20.3 Å². The van der Waals surface area contributed by atoms with Crippen LogP contribution in [0.3, 0.4) is 0 Å². The van der Waals surface area contributed by atoms with Crippen molar-refractivity contribution < 1.29 is 28.8 Å². The lowest BCUT2D eigenvalue weighted by atomic mass is 9.74. The van der Waals surface area contributed by atoms with Gasteiger partial charge in [0.1, 0.15) is 29.3 Å². The van der Waals surface area contributed by atoms with Crippen LogP contribution in [-0.4, -0.2) is 78.1 Å². The predicted octanol–water partition coefficient (Wildman–Crippen LogP) is 4.51. The van der Waals surface area contributed by atoms with Crippen LogP contribution in [0.2, 0.25) is 0 Å². The molecular formula is C40H66FN6O4+. The number of amides is 2. The second kappa shape index (κ2) is 21.3. The number of ether oxygens (including phenoxy) is 1. The topological polar surface area (TPSA) is 143 Å². The van der Waals surface area contributed by atoms with Crippen LogP contribution in [0.1, 0.15) is 110 Å². The molecule has 4 rings (SSSR count). The van der Waals surface area contributed by atoms with E-state index in [2.05, 4.69) is 67.9 Å². The summed E-state index contributed by atoms with van der Waals surface area (Å²) in [5.41, 5.74) is 7.27. The van der Waals surface area contributed by atoms with Gasteiger partial charge in [-0.1, -0.05) is 92.7 Å². The van der Waals surface area contributed by atoms with Crippen LogP contribution in [-0.2, 0) is 10.2 Å². The number of allylic oxidation sites excluding steroid dienone is 3. The Balaban J connectivity index is 0.000000643. The highest BCUT2D eigenvalue weighted by atomic mass is 19.1. The number of rotatable bonds is 9. The van der Waals surface area contributed by atoms with Crippen molar-refractivity contribution in [2.45, 2.75) is 124 Å². The molecule has 10 nitrogen and oxygen atoms in total. The molecule has 0 bridgehead atoms. The third-order valence-corrected chi connectivity index (χ3v) is 9.39. The first kappa shape index (κ1) is 44.9. The van der Waals surface area contributed by atoms with Crippen molar-refractivity contribution in [1.82, 2.24) is 20.9 Å². The van der Waals surface area contributed by atoms with Gasteiger partial charge in [0.25, 0.3) is 5.91 Å². The highest BCUT2D eigenvalue weighted by Crippen LogP contribution is 2.43. The normalized spacial score (nSPS) is 25.2. The molecule has 0 aromatic heterocycles. The first-order chi connectivity index (χ1) is 24.2. The zero-order valence-electron chi connectivity index (χ0n) is 32.8. The van der Waals surface area contributed by atoms with E-state index in [1.807, 2.05) is 44.7 Å². The second-order valence-electron chi connectivity index (χ2n) is 13.2. The molecule has 0 aliphatic carbocycles. The first-order valence-electron chi connectivity index (χ1n) is 18.4. The SMILES string of the molecule is C=C(/C=C\C(F)=C/C)C(=O)NC.C=C1NCC([NH+]=C(N)CC)C2(C)C(O)C(NC(=O)c3cccc4c3OCCC4(C)CCC)CN12.CC.CCC. The molecule has 7 N–H and O–H groups in total. The minimum absolute atomic E-state index is 0.00235. The fourth-order valence-corrected chi connectivity index (χ4v) is 6.45. The fourth-order valence-electron chi connectivity index (χ4n) is 6.45. The minimum Gasteiger partial charge on any atom is -0.492 e. The Labute approximate surface area is 306 Å². The van der Waals surface area contributed by atoms with E-state index in [9.17, 15) is 19.1 Å². The van der Waals surface area contributed by atoms with Crippen LogP contribution < -0.4 is 31.4 Å². The number of aliphatic hydroxyl groups excluding tert-OH is 1. The number of amidine groups is 1. The van der Waals surface area contributed by atoms with Crippen LogP contribution in [0, 0.1) is 0 Å². The Bertz CT molecular complexity index is 1430. The summed E-state index contributed by atoms with van der Waals surface area (Å²) in [6.07, 6.45) is 8.00. The number of halogens is 1. The monoisotopic (exact) mass is 714 g/mol. The maximum Gasteiger partial charge on any atom is 0.255 e. The quantitative estimate of drug-likeness (QED) is 0.0958. The first-order valence-corrected chi connectivity index (χ1v) is 18.4. The molecule has 1 aromatic rings. The zero-order valence-corrected chi connectivity index (χ0v) is 32.8.